The number of carboxylic acids is 1. The standard InChI is InChI=1S/C6H12NO6P/c8-4-1-5(6(9)10)7(2-4)3-14(11,12)13/h4-5,8H,1-3H2,(H,9,10)(H2,11,12,13). The lowest BCUT2D eigenvalue weighted by Crippen LogP contribution is -2.36. The van der Waals surface area contributed by atoms with Crippen LogP contribution in [-0.2, 0) is 9.36 Å². The molecule has 0 aromatic heterocycles. The van der Waals surface area contributed by atoms with Gasteiger partial charge in [-0.2, -0.15) is 0 Å². The van der Waals surface area contributed by atoms with Crippen LogP contribution in [0.3, 0.4) is 0 Å². The number of aliphatic hydroxyl groups is 1. The molecule has 2 atom stereocenters. The second-order valence-electron chi connectivity index (χ2n) is 3.32. The highest BCUT2D eigenvalue weighted by Gasteiger charge is 2.38. The molecule has 8 heteroatoms. The number of β-amino-alcohol motifs (C(OH)–C–C–N with tert-alkyl or cyclic N) is 1. The molecule has 0 amide bonds. The molecule has 1 aliphatic heterocycles. The molecule has 0 bridgehead atoms. The number of carboxylic acid groups (broad SMARTS) is 1. The fourth-order valence-corrected chi connectivity index (χ4v) is 2.32. The fraction of sp³-hybridized carbons (Fsp3) is 0.833. The summed E-state index contributed by atoms with van der Waals surface area (Å²) in [6.45, 7) is -0.0118. The molecule has 0 radical (unpaired) electrons. The average molecular weight is 225 g/mol. The van der Waals surface area contributed by atoms with Gasteiger partial charge >= 0.3 is 13.6 Å². The summed E-state index contributed by atoms with van der Waals surface area (Å²) in [6.07, 6.45) is -1.45. The first-order chi connectivity index (χ1) is 6.29. The number of hydrogen-bond donors (Lipinski definition) is 4. The second-order valence-corrected chi connectivity index (χ2v) is 4.93. The highest BCUT2D eigenvalue weighted by atomic mass is 31.2. The molecule has 0 aromatic rings. The number of aliphatic hydroxyl groups excluding tert-OH is 1. The van der Waals surface area contributed by atoms with Crippen LogP contribution in [0.2, 0.25) is 0 Å². The summed E-state index contributed by atoms with van der Waals surface area (Å²) >= 11 is 0. The van der Waals surface area contributed by atoms with E-state index in [2.05, 4.69) is 0 Å². The minimum Gasteiger partial charge on any atom is -0.480 e. The number of hydrogen-bond acceptors (Lipinski definition) is 4. The van der Waals surface area contributed by atoms with E-state index in [0.717, 1.165) is 4.90 Å². The Labute approximate surface area is 80.1 Å². The molecule has 1 heterocycles. The molecule has 7 nitrogen and oxygen atoms in total. The van der Waals surface area contributed by atoms with Crippen LogP contribution in [0.1, 0.15) is 6.42 Å². The van der Waals surface area contributed by atoms with Crippen molar-refractivity contribution in [3.05, 3.63) is 0 Å². The first kappa shape index (κ1) is 11.6. The number of carbonyl (C=O) groups is 1. The number of aliphatic carboxylic acids is 1. The lowest BCUT2D eigenvalue weighted by molar-refractivity contribution is -0.141. The largest absolute Gasteiger partial charge is 0.480 e. The van der Waals surface area contributed by atoms with Gasteiger partial charge in [0.15, 0.2) is 0 Å². The minimum absolute atomic E-state index is 0.00926. The number of rotatable bonds is 3. The van der Waals surface area contributed by atoms with E-state index in [1.54, 1.807) is 0 Å². The van der Waals surface area contributed by atoms with E-state index in [9.17, 15) is 9.36 Å². The van der Waals surface area contributed by atoms with Gasteiger partial charge < -0.3 is 20.0 Å². The molecule has 1 saturated heterocycles. The quantitative estimate of drug-likeness (QED) is 0.438. The average Bonchev–Trinajstić information content (AvgIpc) is 2.27. The van der Waals surface area contributed by atoms with Gasteiger partial charge in [-0.05, 0) is 0 Å². The van der Waals surface area contributed by atoms with Crippen molar-refractivity contribution in [2.24, 2.45) is 0 Å². The molecule has 1 rings (SSSR count). The van der Waals surface area contributed by atoms with Crippen molar-refractivity contribution in [2.75, 3.05) is 12.8 Å². The van der Waals surface area contributed by atoms with Gasteiger partial charge in [0.2, 0.25) is 0 Å². The summed E-state index contributed by atoms with van der Waals surface area (Å²) in [7, 11) is -4.27. The fourth-order valence-electron chi connectivity index (χ4n) is 1.53. The Kier molecular flexibility index (Phi) is 3.28. The maximum Gasteiger partial charge on any atom is 0.339 e. The van der Waals surface area contributed by atoms with Gasteiger partial charge in [-0.3, -0.25) is 14.3 Å². The second kappa shape index (κ2) is 3.96. The predicted molar refractivity (Wildman–Crippen MR) is 45.7 cm³/mol. The van der Waals surface area contributed by atoms with Gasteiger partial charge in [-0.1, -0.05) is 0 Å². The van der Waals surface area contributed by atoms with E-state index in [1.165, 1.54) is 0 Å². The summed E-state index contributed by atoms with van der Waals surface area (Å²) in [5.41, 5.74) is 0. The Bertz CT molecular complexity index is 275. The Morgan fingerprint density at radius 1 is 1.50 bits per heavy atom. The molecule has 0 aromatic carbocycles. The summed E-state index contributed by atoms with van der Waals surface area (Å²) < 4.78 is 10.6. The first-order valence-corrected chi connectivity index (χ1v) is 5.79. The smallest absolute Gasteiger partial charge is 0.339 e. The predicted octanol–water partition coefficient (Wildman–Crippen LogP) is -1.36. The highest BCUT2D eigenvalue weighted by molar-refractivity contribution is 7.51. The molecule has 1 aliphatic rings. The first-order valence-electron chi connectivity index (χ1n) is 3.99. The lowest BCUT2D eigenvalue weighted by atomic mass is 10.2. The third-order valence-electron chi connectivity index (χ3n) is 2.03. The Hall–Kier alpha value is -0.460. The Morgan fingerprint density at radius 3 is 2.50 bits per heavy atom. The van der Waals surface area contributed by atoms with Crippen molar-refractivity contribution in [1.29, 1.82) is 0 Å². The lowest BCUT2D eigenvalue weighted by Gasteiger charge is -2.20. The van der Waals surface area contributed by atoms with E-state index in [-0.39, 0.29) is 13.0 Å². The Morgan fingerprint density at radius 2 is 2.07 bits per heavy atom. The maximum atomic E-state index is 10.6. The summed E-state index contributed by atoms with van der Waals surface area (Å²) in [4.78, 5) is 29.0. The van der Waals surface area contributed by atoms with Crippen LogP contribution < -0.4 is 0 Å². The molecule has 14 heavy (non-hydrogen) atoms. The van der Waals surface area contributed by atoms with Gasteiger partial charge in [0.25, 0.3) is 0 Å². The van der Waals surface area contributed by atoms with Gasteiger partial charge in [0.1, 0.15) is 12.3 Å². The van der Waals surface area contributed by atoms with E-state index < -0.39 is 32.0 Å². The zero-order chi connectivity index (χ0) is 10.9. The molecule has 4 N–H and O–H groups in total. The van der Waals surface area contributed by atoms with Gasteiger partial charge in [0.05, 0.1) is 6.10 Å². The van der Waals surface area contributed by atoms with E-state index in [0.29, 0.717) is 0 Å². The van der Waals surface area contributed by atoms with Crippen LogP contribution in [0, 0.1) is 0 Å². The van der Waals surface area contributed by atoms with Gasteiger partial charge in [0, 0.05) is 13.0 Å². The molecular weight excluding hydrogens is 213 g/mol. The third kappa shape index (κ3) is 3.04. The number of nitrogens with zero attached hydrogens (tertiary/aromatic N) is 1. The summed E-state index contributed by atoms with van der Waals surface area (Å²) in [5.74, 6) is -1.17. The summed E-state index contributed by atoms with van der Waals surface area (Å²) in [5, 5.41) is 17.9. The molecule has 1 fully saturated rings. The zero-order valence-corrected chi connectivity index (χ0v) is 8.17. The molecule has 0 saturated carbocycles. The Balaban J connectivity index is 2.67. The summed E-state index contributed by atoms with van der Waals surface area (Å²) in [6, 6.07) is -1.00. The van der Waals surface area contributed by atoms with Crippen LogP contribution in [0.25, 0.3) is 0 Å². The van der Waals surface area contributed by atoms with E-state index in [4.69, 9.17) is 20.0 Å². The van der Waals surface area contributed by atoms with Crippen molar-refractivity contribution in [3.63, 3.8) is 0 Å². The molecule has 0 spiro atoms. The minimum atomic E-state index is -4.27. The topological polar surface area (TPSA) is 118 Å². The number of likely N-dealkylation sites (tertiary alicyclic amines) is 1. The van der Waals surface area contributed by atoms with Gasteiger partial charge in [-0.15, -0.1) is 0 Å². The van der Waals surface area contributed by atoms with Crippen LogP contribution >= 0.6 is 7.60 Å². The molecule has 2 unspecified atom stereocenters. The van der Waals surface area contributed by atoms with E-state index in [1.807, 2.05) is 0 Å². The molecular formula is C6H12NO6P. The van der Waals surface area contributed by atoms with Crippen LogP contribution in [0.4, 0.5) is 0 Å². The highest BCUT2D eigenvalue weighted by Crippen LogP contribution is 2.37. The monoisotopic (exact) mass is 225 g/mol. The van der Waals surface area contributed by atoms with Gasteiger partial charge in [-0.25, -0.2) is 0 Å². The third-order valence-corrected chi connectivity index (χ3v) is 2.76. The van der Waals surface area contributed by atoms with Crippen LogP contribution in [-0.4, -0.2) is 55.8 Å². The normalized spacial score (nSPS) is 29.4. The van der Waals surface area contributed by atoms with Crippen molar-refractivity contribution in [1.82, 2.24) is 4.90 Å². The van der Waals surface area contributed by atoms with Crippen LogP contribution in [0.5, 0.6) is 0 Å². The van der Waals surface area contributed by atoms with Crippen molar-refractivity contribution >= 4 is 13.6 Å². The van der Waals surface area contributed by atoms with Crippen molar-refractivity contribution in [3.8, 4) is 0 Å². The van der Waals surface area contributed by atoms with Crippen LogP contribution in [0.15, 0.2) is 0 Å². The maximum absolute atomic E-state index is 10.6. The zero-order valence-electron chi connectivity index (χ0n) is 7.28. The molecule has 0 aliphatic carbocycles. The van der Waals surface area contributed by atoms with Crippen molar-refractivity contribution in [2.45, 2.75) is 18.6 Å². The molecule has 82 valence electrons. The van der Waals surface area contributed by atoms with Crippen molar-refractivity contribution < 1.29 is 29.4 Å². The SMILES string of the molecule is O=C(O)C1CC(O)CN1CP(=O)(O)O. The van der Waals surface area contributed by atoms with E-state index >= 15 is 0 Å².